The number of H-pyrrole nitrogens is 1. The summed E-state index contributed by atoms with van der Waals surface area (Å²) in [6.45, 7) is 0. The van der Waals surface area contributed by atoms with Crippen LogP contribution in [0, 0.1) is 0 Å². The average Bonchev–Trinajstić information content (AvgIpc) is 3.11. The molecule has 3 aromatic rings. The van der Waals surface area contributed by atoms with Crippen molar-refractivity contribution in [1.82, 2.24) is 15.2 Å². The van der Waals surface area contributed by atoms with Crippen molar-refractivity contribution < 1.29 is 14.7 Å². The Kier molecular flexibility index (Phi) is 5.55. The lowest BCUT2D eigenvalue weighted by Crippen LogP contribution is -2.15. The zero-order valence-electron chi connectivity index (χ0n) is 13.3. The maximum absolute atomic E-state index is 12.1. The molecule has 0 unspecified atom stereocenters. The molecule has 7 nitrogen and oxygen atoms in total. The van der Waals surface area contributed by atoms with Crippen molar-refractivity contribution in [3.63, 3.8) is 0 Å². The molecule has 0 saturated carbocycles. The van der Waals surface area contributed by atoms with Crippen LogP contribution in [0.25, 0.3) is 11.4 Å². The van der Waals surface area contributed by atoms with E-state index in [1.54, 1.807) is 0 Å². The molecule has 9 heteroatoms. The van der Waals surface area contributed by atoms with E-state index in [9.17, 15) is 9.59 Å². The van der Waals surface area contributed by atoms with E-state index in [2.05, 4.69) is 20.5 Å². The van der Waals surface area contributed by atoms with Gasteiger partial charge in [-0.15, -0.1) is 5.10 Å². The highest BCUT2D eigenvalue weighted by Gasteiger charge is 2.12. The fourth-order valence-corrected chi connectivity index (χ4v) is 2.87. The number of amides is 1. The molecule has 0 radical (unpaired) electrons. The van der Waals surface area contributed by atoms with E-state index in [4.69, 9.17) is 16.7 Å². The minimum Gasteiger partial charge on any atom is -0.478 e. The normalized spacial score (nSPS) is 10.5. The molecule has 0 aliphatic carbocycles. The van der Waals surface area contributed by atoms with E-state index >= 15 is 0 Å². The number of carboxylic acids is 1. The first kappa shape index (κ1) is 18.0. The van der Waals surface area contributed by atoms with Crippen LogP contribution in [0.4, 0.5) is 5.69 Å². The number of hydrogen-bond acceptors (Lipinski definition) is 5. The molecule has 3 rings (SSSR count). The molecule has 2 aromatic carbocycles. The van der Waals surface area contributed by atoms with Gasteiger partial charge in [-0.2, -0.15) is 0 Å². The highest BCUT2D eigenvalue weighted by Crippen LogP contribution is 2.24. The Hall–Kier alpha value is -2.84. The van der Waals surface area contributed by atoms with E-state index in [1.807, 2.05) is 30.3 Å². The Morgan fingerprint density at radius 1 is 1.19 bits per heavy atom. The van der Waals surface area contributed by atoms with Crippen molar-refractivity contribution in [2.45, 2.75) is 5.16 Å². The van der Waals surface area contributed by atoms with Crippen LogP contribution < -0.4 is 5.32 Å². The number of carbonyl (C=O) groups excluding carboxylic acids is 1. The van der Waals surface area contributed by atoms with E-state index < -0.39 is 5.97 Å². The number of halogens is 1. The number of carbonyl (C=O) groups is 2. The Labute approximate surface area is 157 Å². The number of aromatic carboxylic acids is 1. The van der Waals surface area contributed by atoms with Crippen molar-refractivity contribution >= 4 is 40.9 Å². The maximum Gasteiger partial charge on any atom is 0.335 e. The summed E-state index contributed by atoms with van der Waals surface area (Å²) in [5, 5.41) is 19.2. The number of rotatable bonds is 6. The van der Waals surface area contributed by atoms with Gasteiger partial charge in [0, 0.05) is 5.56 Å². The van der Waals surface area contributed by atoms with Gasteiger partial charge < -0.3 is 10.4 Å². The van der Waals surface area contributed by atoms with Gasteiger partial charge >= 0.3 is 5.97 Å². The summed E-state index contributed by atoms with van der Waals surface area (Å²) in [6, 6.07) is 13.6. The predicted molar refractivity (Wildman–Crippen MR) is 99.6 cm³/mol. The number of thioether (sulfide) groups is 1. The molecule has 0 aliphatic heterocycles. The minimum absolute atomic E-state index is 0.0406. The Morgan fingerprint density at radius 2 is 1.96 bits per heavy atom. The van der Waals surface area contributed by atoms with Crippen molar-refractivity contribution in [1.29, 1.82) is 0 Å². The molecule has 1 amide bonds. The second-order valence-corrected chi connectivity index (χ2v) is 6.52. The van der Waals surface area contributed by atoms with Crippen molar-refractivity contribution in [3.8, 4) is 11.4 Å². The van der Waals surface area contributed by atoms with E-state index in [-0.39, 0.29) is 27.9 Å². The quantitative estimate of drug-likeness (QED) is 0.557. The van der Waals surface area contributed by atoms with Crippen LogP contribution in [0.5, 0.6) is 0 Å². The molecule has 3 N–H and O–H groups in total. The molecule has 0 aliphatic rings. The van der Waals surface area contributed by atoms with Crippen LogP contribution in [0.1, 0.15) is 10.4 Å². The third-order valence-electron chi connectivity index (χ3n) is 3.33. The van der Waals surface area contributed by atoms with Crippen LogP contribution in [0.15, 0.2) is 53.7 Å². The number of benzene rings is 2. The molecule has 26 heavy (non-hydrogen) atoms. The molecule has 1 heterocycles. The van der Waals surface area contributed by atoms with Crippen LogP contribution in [-0.2, 0) is 4.79 Å². The van der Waals surface area contributed by atoms with Crippen LogP contribution in [0.2, 0.25) is 5.02 Å². The van der Waals surface area contributed by atoms with Crippen molar-refractivity contribution in [3.05, 3.63) is 59.1 Å². The van der Waals surface area contributed by atoms with Gasteiger partial charge in [-0.1, -0.05) is 53.7 Å². The number of anilines is 1. The molecule has 0 bridgehead atoms. The van der Waals surface area contributed by atoms with Gasteiger partial charge in [0.05, 0.1) is 22.0 Å². The van der Waals surface area contributed by atoms with Gasteiger partial charge in [0.25, 0.3) is 0 Å². The van der Waals surface area contributed by atoms with Gasteiger partial charge in [0.1, 0.15) is 0 Å². The minimum atomic E-state index is -1.10. The lowest BCUT2D eigenvalue weighted by molar-refractivity contribution is -0.113. The van der Waals surface area contributed by atoms with Gasteiger partial charge in [-0.3, -0.25) is 9.89 Å². The lowest BCUT2D eigenvalue weighted by Gasteiger charge is -2.07. The Bertz CT molecular complexity index is 946. The zero-order valence-corrected chi connectivity index (χ0v) is 14.8. The van der Waals surface area contributed by atoms with E-state index in [0.717, 1.165) is 17.3 Å². The topological polar surface area (TPSA) is 108 Å². The lowest BCUT2D eigenvalue weighted by atomic mass is 10.2. The first-order valence-corrected chi connectivity index (χ1v) is 8.82. The van der Waals surface area contributed by atoms with E-state index in [0.29, 0.717) is 11.0 Å². The summed E-state index contributed by atoms with van der Waals surface area (Å²) in [5.74, 6) is -0.767. The number of aromatic nitrogens is 3. The summed E-state index contributed by atoms with van der Waals surface area (Å²) in [6.07, 6.45) is 0. The Morgan fingerprint density at radius 3 is 2.69 bits per heavy atom. The first-order valence-electron chi connectivity index (χ1n) is 7.46. The summed E-state index contributed by atoms with van der Waals surface area (Å²) in [4.78, 5) is 27.4. The fraction of sp³-hybridized carbons (Fsp3) is 0.0588. The van der Waals surface area contributed by atoms with Crippen LogP contribution in [0.3, 0.4) is 0 Å². The maximum atomic E-state index is 12.1. The molecule has 132 valence electrons. The van der Waals surface area contributed by atoms with Crippen molar-refractivity contribution in [2.75, 3.05) is 11.1 Å². The third kappa shape index (κ3) is 4.41. The molecule has 1 aromatic heterocycles. The average molecular weight is 389 g/mol. The van der Waals surface area contributed by atoms with Gasteiger partial charge in [0.15, 0.2) is 5.82 Å². The number of aromatic amines is 1. The predicted octanol–water partition coefficient (Wildman–Crippen LogP) is 3.55. The molecular weight excluding hydrogens is 376 g/mol. The monoisotopic (exact) mass is 388 g/mol. The molecule has 0 atom stereocenters. The van der Waals surface area contributed by atoms with Crippen LogP contribution >= 0.6 is 23.4 Å². The van der Waals surface area contributed by atoms with Gasteiger partial charge in [-0.25, -0.2) is 9.78 Å². The summed E-state index contributed by atoms with van der Waals surface area (Å²) in [5.41, 5.74) is 1.18. The molecule has 0 fully saturated rings. The summed E-state index contributed by atoms with van der Waals surface area (Å²) < 4.78 is 0. The molecule has 0 saturated heterocycles. The van der Waals surface area contributed by atoms with Gasteiger partial charge in [0.2, 0.25) is 11.1 Å². The standard InChI is InChI=1S/C17H13ClN4O3S/c18-12-7-6-11(16(24)25)8-13(12)19-14(23)9-26-17-20-15(21-22-17)10-4-2-1-3-5-10/h1-8H,9H2,(H,19,23)(H,24,25)(H,20,21,22). The second-order valence-electron chi connectivity index (χ2n) is 5.17. The number of hydrogen-bond donors (Lipinski definition) is 3. The zero-order chi connectivity index (χ0) is 18.5. The smallest absolute Gasteiger partial charge is 0.335 e. The SMILES string of the molecule is O=C(CSc1n[nH]c(-c2ccccc2)n1)Nc1cc(C(=O)O)ccc1Cl. The van der Waals surface area contributed by atoms with E-state index in [1.165, 1.54) is 18.2 Å². The van der Waals surface area contributed by atoms with Crippen molar-refractivity contribution in [2.24, 2.45) is 0 Å². The molecular formula is C17H13ClN4O3S. The first-order chi connectivity index (χ1) is 12.5. The van der Waals surface area contributed by atoms with Crippen LogP contribution in [-0.4, -0.2) is 37.9 Å². The highest BCUT2D eigenvalue weighted by molar-refractivity contribution is 7.99. The Balaban J connectivity index is 1.61. The third-order valence-corrected chi connectivity index (χ3v) is 4.51. The highest BCUT2D eigenvalue weighted by atomic mass is 35.5. The number of carboxylic acid groups (broad SMARTS) is 1. The number of nitrogens with one attached hydrogen (secondary N) is 2. The molecule has 0 spiro atoms. The summed E-state index contributed by atoms with van der Waals surface area (Å²) in [7, 11) is 0. The second kappa shape index (κ2) is 8.03. The largest absolute Gasteiger partial charge is 0.478 e. The number of nitrogens with zero attached hydrogens (tertiary/aromatic N) is 2. The van der Waals surface area contributed by atoms with Gasteiger partial charge in [-0.05, 0) is 18.2 Å². The summed E-state index contributed by atoms with van der Waals surface area (Å²) >= 11 is 7.14. The fourth-order valence-electron chi connectivity index (χ4n) is 2.11.